The van der Waals surface area contributed by atoms with Crippen LogP contribution in [0.3, 0.4) is 0 Å². The zero-order valence-corrected chi connectivity index (χ0v) is 22.7. The van der Waals surface area contributed by atoms with Crippen LogP contribution >= 0.6 is 11.6 Å². The van der Waals surface area contributed by atoms with Crippen molar-refractivity contribution < 1.29 is 18.0 Å². The van der Waals surface area contributed by atoms with E-state index in [0.717, 1.165) is 23.3 Å². The highest BCUT2D eigenvalue weighted by molar-refractivity contribution is 6.31. The Hall–Kier alpha value is -4.63. The summed E-state index contributed by atoms with van der Waals surface area (Å²) < 4.78 is 43.9. The summed E-state index contributed by atoms with van der Waals surface area (Å²) in [6.45, 7) is 2.14. The maximum atomic E-state index is 14.7. The highest BCUT2D eigenvalue weighted by Crippen LogP contribution is 2.29. The molecule has 2 N–H and O–H groups in total. The van der Waals surface area contributed by atoms with Crippen molar-refractivity contribution in [3.8, 4) is 11.1 Å². The summed E-state index contributed by atoms with van der Waals surface area (Å²) >= 11 is 6.01. The SMILES string of the molecule is Cc1ccc(C(=O)N(Cc2ccc(F)cc2F)Cc2nncn2Cc2ccc(N)cc2)cc1-c1ccc(F)c(Cl)c1. The molecule has 0 bridgehead atoms. The fourth-order valence-electron chi connectivity index (χ4n) is 4.49. The minimum atomic E-state index is -0.767. The highest BCUT2D eigenvalue weighted by Gasteiger charge is 2.22. The van der Waals surface area contributed by atoms with Crippen LogP contribution in [0.15, 0.2) is 85.2 Å². The number of nitrogens with zero attached hydrogens (tertiary/aromatic N) is 4. The van der Waals surface area contributed by atoms with E-state index in [1.807, 2.05) is 19.1 Å². The Morgan fingerprint density at radius 3 is 2.44 bits per heavy atom. The largest absolute Gasteiger partial charge is 0.399 e. The third kappa shape index (κ3) is 6.41. The smallest absolute Gasteiger partial charge is 0.254 e. The lowest BCUT2D eigenvalue weighted by Gasteiger charge is -2.24. The zero-order valence-electron chi connectivity index (χ0n) is 22.0. The molecule has 0 saturated carbocycles. The van der Waals surface area contributed by atoms with Gasteiger partial charge in [-0.15, -0.1) is 10.2 Å². The number of hydrogen-bond donors (Lipinski definition) is 1. The van der Waals surface area contributed by atoms with E-state index in [4.69, 9.17) is 17.3 Å². The normalized spacial score (nSPS) is 11.0. The minimum Gasteiger partial charge on any atom is -0.399 e. The molecule has 0 fully saturated rings. The second-order valence-corrected chi connectivity index (χ2v) is 10.1. The van der Waals surface area contributed by atoms with Gasteiger partial charge in [-0.2, -0.15) is 0 Å². The molecular weight excluding hydrogens is 551 g/mol. The van der Waals surface area contributed by atoms with Crippen molar-refractivity contribution in [2.75, 3.05) is 5.73 Å². The Kier molecular flexibility index (Phi) is 8.07. The lowest BCUT2D eigenvalue weighted by molar-refractivity contribution is 0.0722. The Balaban J connectivity index is 1.49. The number of hydrogen-bond acceptors (Lipinski definition) is 4. The monoisotopic (exact) mass is 575 g/mol. The average Bonchev–Trinajstić information content (AvgIpc) is 3.38. The molecule has 41 heavy (non-hydrogen) atoms. The predicted molar refractivity (Wildman–Crippen MR) is 151 cm³/mol. The molecule has 10 heteroatoms. The Bertz CT molecular complexity index is 1720. The van der Waals surface area contributed by atoms with Gasteiger partial charge < -0.3 is 15.2 Å². The van der Waals surface area contributed by atoms with Crippen molar-refractivity contribution in [3.05, 3.63) is 136 Å². The number of anilines is 1. The summed E-state index contributed by atoms with van der Waals surface area (Å²) in [5, 5.41) is 8.20. The fraction of sp³-hybridized carbons (Fsp3) is 0.129. The number of carbonyl (C=O) groups is 1. The number of rotatable bonds is 8. The van der Waals surface area contributed by atoms with Crippen molar-refractivity contribution in [2.24, 2.45) is 0 Å². The first-order valence-corrected chi connectivity index (χ1v) is 13.1. The molecule has 208 valence electrons. The highest BCUT2D eigenvalue weighted by atomic mass is 35.5. The molecule has 6 nitrogen and oxygen atoms in total. The Labute approximate surface area is 239 Å². The molecule has 1 heterocycles. The molecule has 4 aromatic carbocycles. The molecule has 0 aliphatic carbocycles. The van der Waals surface area contributed by atoms with Crippen molar-refractivity contribution in [1.82, 2.24) is 19.7 Å². The van der Waals surface area contributed by atoms with Gasteiger partial charge in [-0.1, -0.05) is 41.9 Å². The van der Waals surface area contributed by atoms with Crippen LogP contribution < -0.4 is 5.73 Å². The molecule has 0 radical (unpaired) electrons. The second-order valence-electron chi connectivity index (χ2n) is 9.67. The van der Waals surface area contributed by atoms with Crippen LogP contribution in [0.4, 0.5) is 18.9 Å². The molecule has 0 unspecified atom stereocenters. The Morgan fingerprint density at radius 2 is 1.71 bits per heavy atom. The average molecular weight is 576 g/mol. The molecule has 5 rings (SSSR count). The fourth-order valence-corrected chi connectivity index (χ4v) is 4.67. The van der Waals surface area contributed by atoms with E-state index >= 15 is 0 Å². The van der Waals surface area contributed by atoms with Gasteiger partial charge in [0.15, 0.2) is 5.82 Å². The van der Waals surface area contributed by atoms with Crippen LogP contribution in [0.25, 0.3) is 11.1 Å². The molecule has 0 aliphatic rings. The van der Waals surface area contributed by atoms with Gasteiger partial charge in [-0.05, 0) is 71.6 Å². The standard InChI is InChI=1S/C31H25ClF3N5O/c1-19-2-5-22(12-26(19)21-7-11-28(34)27(32)13-21)31(41)39(16-23-6-8-24(33)14-29(23)35)17-30-38-37-18-40(30)15-20-3-9-25(36)10-4-20/h2-14,18H,15-17,36H2,1H3. The van der Waals surface area contributed by atoms with Gasteiger partial charge in [0.25, 0.3) is 5.91 Å². The maximum absolute atomic E-state index is 14.7. The van der Waals surface area contributed by atoms with Gasteiger partial charge >= 0.3 is 0 Å². The molecular formula is C31H25ClF3N5O. The molecule has 1 aromatic heterocycles. The van der Waals surface area contributed by atoms with Crippen LogP contribution in [0.1, 0.15) is 32.9 Å². The van der Waals surface area contributed by atoms with Gasteiger partial charge in [0.2, 0.25) is 0 Å². The first-order chi connectivity index (χ1) is 19.7. The van der Waals surface area contributed by atoms with E-state index in [1.165, 1.54) is 23.1 Å². The predicted octanol–water partition coefficient (Wildman–Crippen LogP) is 6.80. The first kappa shape index (κ1) is 27.9. The number of aryl methyl sites for hydroxylation is 1. The quantitative estimate of drug-likeness (QED) is 0.207. The third-order valence-electron chi connectivity index (χ3n) is 6.74. The molecule has 0 saturated heterocycles. The number of carbonyl (C=O) groups excluding carboxylic acids is 1. The van der Waals surface area contributed by atoms with E-state index in [9.17, 15) is 18.0 Å². The third-order valence-corrected chi connectivity index (χ3v) is 7.03. The van der Waals surface area contributed by atoms with E-state index < -0.39 is 23.4 Å². The summed E-state index contributed by atoms with van der Waals surface area (Å²) in [7, 11) is 0. The van der Waals surface area contributed by atoms with Crippen LogP contribution in [0, 0.1) is 24.4 Å². The van der Waals surface area contributed by atoms with Crippen molar-refractivity contribution in [3.63, 3.8) is 0 Å². The van der Waals surface area contributed by atoms with Gasteiger partial charge in [-0.25, -0.2) is 13.2 Å². The van der Waals surface area contributed by atoms with Crippen molar-refractivity contribution in [1.29, 1.82) is 0 Å². The number of nitrogens with two attached hydrogens (primary N) is 1. The van der Waals surface area contributed by atoms with Crippen LogP contribution in [0.5, 0.6) is 0 Å². The number of nitrogen functional groups attached to an aromatic ring is 1. The summed E-state index contributed by atoms with van der Waals surface area (Å²) in [5.41, 5.74) is 10.0. The lowest BCUT2D eigenvalue weighted by Crippen LogP contribution is -2.32. The van der Waals surface area contributed by atoms with Crippen LogP contribution in [-0.2, 0) is 19.6 Å². The minimum absolute atomic E-state index is 0.00376. The van der Waals surface area contributed by atoms with Crippen molar-refractivity contribution in [2.45, 2.75) is 26.6 Å². The van der Waals surface area contributed by atoms with Gasteiger partial charge in [-0.3, -0.25) is 4.79 Å². The van der Waals surface area contributed by atoms with Crippen LogP contribution in [0.2, 0.25) is 5.02 Å². The maximum Gasteiger partial charge on any atom is 0.254 e. The summed E-state index contributed by atoms with van der Waals surface area (Å²) in [5.74, 6) is -1.97. The summed E-state index contributed by atoms with van der Waals surface area (Å²) in [4.78, 5) is 15.4. The molecule has 0 atom stereocenters. The molecule has 1 amide bonds. The topological polar surface area (TPSA) is 77.0 Å². The van der Waals surface area contributed by atoms with E-state index in [2.05, 4.69) is 10.2 Å². The number of aromatic nitrogens is 3. The van der Waals surface area contributed by atoms with Gasteiger partial charge in [0, 0.05) is 29.4 Å². The van der Waals surface area contributed by atoms with Crippen molar-refractivity contribution >= 4 is 23.2 Å². The number of benzene rings is 4. The number of amides is 1. The second kappa shape index (κ2) is 11.9. The van der Waals surface area contributed by atoms with Gasteiger partial charge in [0.05, 0.1) is 18.1 Å². The summed E-state index contributed by atoms with van der Waals surface area (Å²) in [6.07, 6.45) is 1.55. The molecule has 0 spiro atoms. The number of halogens is 4. The van der Waals surface area contributed by atoms with Crippen LogP contribution in [-0.4, -0.2) is 25.6 Å². The Morgan fingerprint density at radius 1 is 0.927 bits per heavy atom. The molecule has 5 aromatic rings. The van der Waals surface area contributed by atoms with E-state index in [-0.39, 0.29) is 23.7 Å². The summed E-state index contributed by atoms with van der Waals surface area (Å²) in [6, 6.07) is 20.1. The zero-order chi connectivity index (χ0) is 29.1. The lowest BCUT2D eigenvalue weighted by atomic mass is 9.97. The first-order valence-electron chi connectivity index (χ1n) is 12.7. The van der Waals surface area contributed by atoms with E-state index in [0.29, 0.717) is 34.7 Å². The molecule has 0 aliphatic heterocycles. The van der Waals surface area contributed by atoms with E-state index in [1.54, 1.807) is 47.3 Å². The van der Waals surface area contributed by atoms with Gasteiger partial charge in [0.1, 0.15) is 23.8 Å².